The molecule has 0 fully saturated rings. The molecule has 0 bridgehead atoms. The van der Waals surface area contributed by atoms with Gasteiger partial charge in [-0.3, -0.25) is 0 Å². The highest BCUT2D eigenvalue weighted by Crippen LogP contribution is 1.96. The lowest BCUT2D eigenvalue weighted by molar-refractivity contribution is 0.0256. The van der Waals surface area contributed by atoms with E-state index in [-0.39, 0.29) is 0 Å². The number of nitrogens with one attached hydrogen (secondary N) is 1. The number of methoxy groups -OCH3 is 1. The van der Waals surface area contributed by atoms with Gasteiger partial charge in [0.05, 0.1) is 33.0 Å². The van der Waals surface area contributed by atoms with Gasteiger partial charge in [0.1, 0.15) is 0 Å². The topological polar surface area (TPSA) is 39.7 Å². The van der Waals surface area contributed by atoms with Crippen LogP contribution >= 0.6 is 15.9 Å². The molecule has 0 heterocycles. The van der Waals surface area contributed by atoms with E-state index in [1.54, 1.807) is 7.11 Å². The van der Waals surface area contributed by atoms with Crippen molar-refractivity contribution in [3.63, 3.8) is 0 Å². The lowest BCUT2D eigenvalue weighted by Crippen LogP contribution is -2.21. The van der Waals surface area contributed by atoms with Gasteiger partial charge in [0.2, 0.25) is 0 Å². The fraction of sp³-hybridized carbons (Fsp3) is 1.00. The monoisotopic (exact) mass is 311 g/mol. The zero-order valence-corrected chi connectivity index (χ0v) is 12.5. The van der Waals surface area contributed by atoms with Crippen LogP contribution in [0.4, 0.5) is 0 Å². The van der Waals surface area contributed by atoms with Crippen molar-refractivity contribution in [2.45, 2.75) is 19.3 Å². The lowest BCUT2D eigenvalue weighted by atomic mass is 10.2. The van der Waals surface area contributed by atoms with Crippen LogP contribution in [0.25, 0.3) is 0 Å². The molecule has 0 atom stereocenters. The van der Waals surface area contributed by atoms with Crippen molar-refractivity contribution in [1.82, 2.24) is 5.32 Å². The zero-order valence-electron chi connectivity index (χ0n) is 10.9. The van der Waals surface area contributed by atoms with Crippen molar-refractivity contribution < 1.29 is 14.2 Å². The van der Waals surface area contributed by atoms with E-state index in [2.05, 4.69) is 21.2 Å². The highest BCUT2D eigenvalue weighted by molar-refractivity contribution is 9.09. The molecule has 0 aliphatic carbocycles. The Hall–Kier alpha value is 0.320. The van der Waals surface area contributed by atoms with Gasteiger partial charge in [0, 0.05) is 19.0 Å². The van der Waals surface area contributed by atoms with Crippen LogP contribution in [0.2, 0.25) is 0 Å². The molecule has 104 valence electrons. The third kappa shape index (κ3) is 16.3. The smallest absolute Gasteiger partial charge is 0.0701 e. The largest absolute Gasteiger partial charge is 0.382 e. The average molecular weight is 312 g/mol. The van der Waals surface area contributed by atoms with Crippen LogP contribution in [0, 0.1) is 0 Å². The zero-order chi connectivity index (χ0) is 12.6. The summed E-state index contributed by atoms with van der Waals surface area (Å²) in [6.07, 6.45) is 3.79. The summed E-state index contributed by atoms with van der Waals surface area (Å²) in [6.45, 7) is 5.37. The molecule has 0 aromatic rings. The standard InChI is InChI=1S/C12H26BrNO3/c1-15-9-10-17-12-11-16-8-7-14-6-4-2-3-5-13/h14H,2-12H2,1H3. The third-order valence-electron chi connectivity index (χ3n) is 2.21. The van der Waals surface area contributed by atoms with Crippen molar-refractivity contribution >= 4 is 15.9 Å². The minimum Gasteiger partial charge on any atom is -0.382 e. The first-order valence-electron chi connectivity index (χ1n) is 6.33. The fourth-order valence-corrected chi connectivity index (χ4v) is 1.65. The molecule has 0 saturated heterocycles. The highest BCUT2D eigenvalue weighted by atomic mass is 79.9. The molecule has 0 saturated carbocycles. The Balaban J connectivity index is 2.85. The Morgan fingerprint density at radius 2 is 1.53 bits per heavy atom. The Bertz CT molecular complexity index is 125. The van der Waals surface area contributed by atoms with Crippen molar-refractivity contribution in [2.75, 3.05) is 58.6 Å². The number of rotatable bonds is 14. The molecule has 0 rings (SSSR count). The number of halogens is 1. The highest BCUT2D eigenvalue weighted by Gasteiger charge is 1.91. The molecule has 17 heavy (non-hydrogen) atoms. The second kappa shape index (κ2) is 16.3. The molecule has 0 amide bonds. The van der Waals surface area contributed by atoms with Crippen LogP contribution in [-0.4, -0.2) is 58.6 Å². The lowest BCUT2D eigenvalue weighted by Gasteiger charge is -2.06. The summed E-state index contributed by atoms with van der Waals surface area (Å²) in [5, 5.41) is 4.46. The second-order valence-electron chi connectivity index (χ2n) is 3.72. The predicted octanol–water partition coefficient (Wildman–Crippen LogP) is 1.82. The molecule has 0 radical (unpaired) electrons. The molecule has 0 aromatic carbocycles. The molecule has 0 aliphatic rings. The number of unbranched alkanes of at least 4 members (excludes halogenated alkanes) is 2. The molecule has 0 unspecified atom stereocenters. The van der Waals surface area contributed by atoms with Gasteiger partial charge in [0.15, 0.2) is 0 Å². The van der Waals surface area contributed by atoms with Crippen LogP contribution in [0.1, 0.15) is 19.3 Å². The summed E-state index contributed by atoms with van der Waals surface area (Å²) < 4.78 is 15.5. The maximum Gasteiger partial charge on any atom is 0.0701 e. The maximum atomic E-state index is 5.41. The van der Waals surface area contributed by atoms with E-state index < -0.39 is 0 Å². The number of hydrogen-bond donors (Lipinski definition) is 1. The molecule has 0 aromatic heterocycles. The van der Waals surface area contributed by atoms with Gasteiger partial charge in [-0.25, -0.2) is 0 Å². The van der Waals surface area contributed by atoms with Crippen LogP contribution < -0.4 is 5.32 Å². The second-order valence-corrected chi connectivity index (χ2v) is 4.51. The van der Waals surface area contributed by atoms with E-state index in [4.69, 9.17) is 14.2 Å². The summed E-state index contributed by atoms with van der Waals surface area (Å²) in [7, 11) is 1.67. The molecule has 5 heteroatoms. The molecule has 4 nitrogen and oxygen atoms in total. The van der Waals surface area contributed by atoms with Gasteiger partial charge in [-0.2, -0.15) is 0 Å². The molecular formula is C12H26BrNO3. The molecule has 1 N–H and O–H groups in total. The van der Waals surface area contributed by atoms with Crippen molar-refractivity contribution in [3.8, 4) is 0 Å². The summed E-state index contributed by atoms with van der Waals surface area (Å²) in [5.41, 5.74) is 0. The molecule has 0 spiro atoms. The van der Waals surface area contributed by atoms with Gasteiger partial charge in [-0.1, -0.05) is 22.4 Å². The summed E-state index contributed by atoms with van der Waals surface area (Å²) >= 11 is 3.42. The molecule has 0 aliphatic heterocycles. The first-order valence-corrected chi connectivity index (χ1v) is 7.45. The number of hydrogen-bond acceptors (Lipinski definition) is 4. The van der Waals surface area contributed by atoms with Gasteiger partial charge >= 0.3 is 0 Å². The van der Waals surface area contributed by atoms with Crippen molar-refractivity contribution in [3.05, 3.63) is 0 Å². The van der Waals surface area contributed by atoms with E-state index in [0.29, 0.717) is 26.4 Å². The first kappa shape index (κ1) is 17.3. The number of ether oxygens (including phenoxy) is 3. The summed E-state index contributed by atoms with van der Waals surface area (Å²) in [5.74, 6) is 0. The molecular weight excluding hydrogens is 286 g/mol. The van der Waals surface area contributed by atoms with Gasteiger partial charge in [0.25, 0.3) is 0 Å². The van der Waals surface area contributed by atoms with E-state index in [0.717, 1.165) is 25.0 Å². The first-order chi connectivity index (χ1) is 8.41. The van der Waals surface area contributed by atoms with Crippen molar-refractivity contribution in [2.24, 2.45) is 0 Å². The number of alkyl halides is 1. The van der Waals surface area contributed by atoms with E-state index in [1.807, 2.05) is 0 Å². The van der Waals surface area contributed by atoms with Gasteiger partial charge < -0.3 is 19.5 Å². The maximum absolute atomic E-state index is 5.41. The summed E-state index contributed by atoms with van der Waals surface area (Å²) in [6, 6.07) is 0. The normalized spacial score (nSPS) is 10.9. The van der Waals surface area contributed by atoms with Crippen LogP contribution in [-0.2, 0) is 14.2 Å². The quantitative estimate of drug-likeness (QED) is 0.392. The minimum absolute atomic E-state index is 0.645. The fourth-order valence-electron chi connectivity index (χ4n) is 1.25. The van der Waals surface area contributed by atoms with Gasteiger partial charge in [-0.05, 0) is 19.4 Å². The predicted molar refractivity (Wildman–Crippen MR) is 74.0 cm³/mol. The average Bonchev–Trinajstić information content (AvgIpc) is 2.35. The van der Waals surface area contributed by atoms with E-state index >= 15 is 0 Å². The Labute approximate surface area is 114 Å². The van der Waals surface area contributed by atoms with E-state index in [1.165, 1.54) is 19.3 Å². The summed E-state index contributed by atoms with van der Waals surface area (Å²) in [4.78, 5) is 0. The Morgan fingerprint density at radius 1 is 0.824 bits per heavy atom. The minimum atomic E-state index is 0.645. The van der Waals surface area contributed by atoms with E-state index in [9.17, 15) is 0 Å². The Morgan fingerprint density at radius 3 is 2.24 bits per heavy atom. The van der Waals surface area contributed by atoms with Crippen molar-refractivity contribution in [1.29, 1.82) is 0 Å². The van der Waals surface area contributed by atoms with Crippen LogP contribution in [0.5, 0.6) is 0 Å². The van der Waals surface area contributed by atoms with Crippen LogP contribution in [0.15, 0.2) is 0 Å². The Kier molecular flexibility index (Phi) is 16.6. The van der Waals surface area contributed by atoms with Gasteiger partial charge in [-0.15, -0.1) is 0 Å². The van der Waals surface area contributed by atoms with Crippen LogP contribution in [0.3, 0.4) is 0 Å². The third-order valence-corrected chi connectivity index (χ3v) is 2.77. The SMILES string of the molecule is COCCOCCOCCNCCCCCBr.